The van der Waals surface area contributed by atoms with E-state index in [1.807, 2.05) is 24.3 Å². The SMILES string of the molecule is COC[C@H]1N(c2cccc(-c3cccc(C)c3OCc3ccc4c(c3)CCNC4)n2)C[C@@H]2C[C@@]21C(=O)OC. The van der Waals surface area contributed by atoms with Crippen molar-refractivity contribution in [2.45, 2.75) is 39.0 Å². The summed E-state index contributed by atoms with van der Waals surface area (Å²) in [7, 11) is 3.15. The highest BCUT2D eigenvalue weighted by molar-refractivity contribution is 5.84. The number of para-hydroxylation sites is 1. The van der Waals surface area contributed by atoms with Crippen molar-refractivity contribution in [3.63, 3.8) is 0 Å². The number of hydrogen-bond acceptors (Lipinski definition) is 7. The summed E-state index contributed by atoms with van der Waals surface area (Å²) in [5.74, 6) is 1.82. The van der Waals surface area contributed by atoms with Crippen LogP contribution in [0.1, 0.15) is 28.7 Å². The average Bonchev–Trinajstić information content (AvgIpc) is 3.60. The van der Waals surface area contributed by atoms with Crippen molar-refractivity contribution in [1.29, 1.82) is 0 Å². The van der Waals surface area contributed by atoms with Gasteiger partial charge in [0.25, 0.3) is 0 Å². The third-order valence-electron chi connectivity index (χ3n) is 8.49. The van der Waals surface area contributed by atoms with E-state index in [0.29, 0.717) is 13.2 Å². The van der Waals surface area contributed by atoms with Gasteiger partial charge in [-0.05, 0) is 72.7 Å². The lowest BCUT2D eigenvalue weighted by molar-refractivity contribution is -0.148. The number of carbonyl (C=O) groups is 1. The first-order chi connectivity index (χ1) is 18.5. The molecule has 2 aliphatic heterocycles. The quantitative estimate of drug-likeness (QED) is 0.451. The van der Waals surface area contributed by atoms with E-state index < -0.39 is 5.41 Å². The molecular formula is C31H35N3O4. The summed E-state index contributed by atoms with van der Waals surface area (Å²) >= 11 is 0. The van der Waals surface area contributed by atoms with Gasteiger partial charge < -0.3 is 24.4 Å². The number of aryl methyl sites for hydroxylation is 1. The number of pyridine rings is 1. The zero-order valence-corrected chi connectivity index (χ0v) is 22.3. The molecule has 3 aromatic rings. The number of carbonyl (C=O) groups excluding carboxylic acids is 1. The van der Waals surface area contributed by atoms with Gasteiger partial charge in [-0.3, -0.25) is 4.79 Å². The van der Waals surface area contributed by atoms with E-state index in [1.165, 1.54) is 23.8 Å². The Labute approximate surface area is 224 Å². The minimum atomic E-state index is -0.495. The molecule has 1 N–H and O–H groups in total. The smallest absolute Gasteiger partial charge is 0.314 e. The Balaban J connectivity index is 1.27. The van der Waals surface area contributed by atoms with Crippen LogP contribution in [0.4, 0.5) is 5.82 Å². The molecule has 1 aromatic heterocycles. The molecule has 0 radical (unpaired) electrons. The highest BCUT2D eigenvalue weighted by atomic mass is 16.5. The molecule has 38 heavy (non-hydrogen) atoms. The van der Waals surface area contributed by atoms with Crippen LogP contribution in [-0.4, -0.2) is 50.9 Å². The van der Waals surface area contributed by atoms with Crippen molar-refractivity contribution in [1.82, 2.24) is 10.3 Å². The van der Waals surface area contributed by atoms with Gasteiger partial charge >= 0.3 is 5.97 Å². The standard InChI is InChI=1S/C31H35N3O4/c1-20-6-4-7-25(29(20)38-18-21-10-11-23-16-32-13-12-22(23)14-21)26-8-5-9-28(33-26)34-17-24-15-31(24,30(35)37-3)27(34)19-36-2/h4-11,14,24,27,32H,12-13,15-19H2,1-3H3/t24-,27+,31+/m0/s1. The Morgan fingerprint density at radius 1 is 1.13 bits per heavy atom. The zero-order valence-electron chi connectivity index (χ0n) is 22.3. The maximum absolute atomic E-state index is 12.7. The summed E-state index contributed by atoms with van der Waals surface area (Å²) in [4.78, 5) is 20.0. The normalized spacial score (nSPS) is 23.5. The summed E-state index contributed by atoms with van der Waals surface area (Å²) in [6.07, 6.45) is 1.90. The number of anilines is 1. The van der Waals surface area contributed by atoms with Crippen LogP contribution in [0.5, 0.6) is 5.75 Å². The molecule has 1 aliphatic carbocycles. The molecule has 7 heteroatoms. The first kappa shape index (κ1) is 24.9. The summed E-state index contributed by atoms with van der Waals surface area (Å²) in [5, 5.41) is 3.43. The number of rotatable bonds is 8. The van der Waals surface area contributed by atoms with E-state index in [4.69, 9.17) is 19.2 Å². The largest absolute Gasteiger partial charge is 0.488 e. The minimum Gasteiger partial charge on any atom is -0.488 e. The molecule has 3 atom stereocenters. The molecule has 3 heterocycles. The van der Waals surface area contributed by atoms with Crippen molar-refractivity contribution in [2.75, 3.05) is 38.8 Å². The second-order valence-electron chi connectivity index (χ2n) is 10.7. The summed E-state index contributed by atoms with van der Waals surface area (Å²) in [6.45, 7) is 5.75. The molecule has 2 aromatic carbocycles. The second-order valence-corrected chi connectivity index (χ2v) is 10.7. The highest BCUT2D eigenvalue weighted by Gasteiger charge is 2.71. The lowest BCUT2D eigenvalue weighted by atomic mass is 9.96. The lowest BCUT2D eigenvalue weighted by Gasteiger charge is -2.31. The van der Waals surface area contributed by atoms with Crippen molar-refractivity contribution >= 4 is 11.8 Å². The van der Waals surface area contributed by atoms with Crippen LogP contribution in [0.15, 0.2) is 54.6 Å². The lowest BCUT2D eigenvalue weighted by Crippen LogP contribution is -2.44. The van der Waals surface area contributed by atoms with Crippen molar-refractivity contribution in [3.05, 3.63) is 76.9 Å². The topological polar surface area (TPSA) is 72.9 Å². The molecule has 1 saturated heterocycles. The fraction of sp³-hybridized carbons (Fsp3) is 0.419. The zero-order chi connectivity index (χ0) is 26.3. The summed E-state index contributed by atoms with van der Waals surface area (Å²) < 4.78 is 17.2. The number of hydrogen-bond donors (Lipinski definition) is 1. The summed E-state index contributed by atoms with van der Waals surface area (Å²) in [6, 6.07) is 18.8. The number of ether oxygens (including phenoxy) is 3. The van der Waals surface area contributed by atoms with Gasteiger partial charge in [0.15, 0.2) is 0 Å². The van der Waals surface area contributed by atoms with E-state index in [-0.39, 0.29) is 17.9 Å². The molecule has 6 rings (SSSR count). The van der Waals surface area contributed by atoms with Gasteiger partial charge in [0.2, 0.25) is 0 Å². The minimum absolute atomic E-state index is 0.0971. The average molecular weight is 514 g/mol. The first-order valence-electron chi connectivity index (χ1n) is 13.4. The Kier molecular flexibility index (Phi) is 6.58. The molecule has 0 amide bonds. The van der Waals surface area contributed by atoms with Gasteiger partial charge in [0.1, 0.15) is 18.2 Å². The second kappa shape index (κ2) is 10.0. The number of nitrogens with one attached hydrogen (secondary N) is 1. The predicted octanol–water partition coefficient (Wildman–Crippen LogP) is 4.30. The van der Waals surface area contributed by atoms with Gasteiger partial charge in [-0.2, -0.15) is 0 Å². The highest BCUT2D eigenvalue weighted by Crippen LogP contribution is 2.62. The molecule has 2 fully saturated rings. The number of fused-ring (bicyclic) bond motifs is 2. The fourth-order valence-corrected chi connectivity index (χ4v) is 6.41. The van der Waals surface area contributed by atoms with E-state index in [0.717, 1.165) is 60.9 Å². The molecular weight excluding hydrogens is 478 g/mol. The van der Waals surface area contributed by atoms with Gasteiger partial charge in [-0.15, -0.1) is 0 Å². The molecule has 0 spiro atoms. The number of benzene rings is 2. The van der Waals surface area contributed by atoms with Crippen LogP contribution in [0.2, 0.25) is 0 Å². The Bertz CT molecular complexity index is 1360. The predicted molar refractivity (Wildman–Crippen MR) is 146 cm³/mol. The monoisotopic (exact) mass is 513 g/mol. The molecule has 3 aliphatic rings. The number of nitrogens with zero attached hydrogens (tertiary/aromatic N) is 2. The summed E-state index contributed by atoms with van der Waals surface area (Å²) in [5.41, 5.74) is 6.34. The molecule has 1 saturated carbocycles. The molecule has 0 bridgehead atoms. The number of piperidine rings is 1. The van der Waals surface area contributed by atoms with Crippen LogP contribution >= 0.6 is 0 Å². The number of aromatic nitrogens is 1. The van der Waals surface area contributed by atoms with E-state index in [1.54, 1.807) is 7.11 Å². The number of esters is 1. The van der Waals surface area contributed by atoms with Crippen LogP contribution < -0.4 is 15.0 Å². The Hall–Kier alpha value is -3.42. The molecule has 7 nitrogen and oxygen atoms in total. The number of methoxy groups -OCH3 is 2. The Morgan fingerprint density at radius 3 is 2.84 bits per heavy atom. The van der Waals surface area contributed by atoms with Gasteiger partial charge in [-0.1, -0.05) is 36.4 Å². The Morgan fingerprint density at radius 2 is 2.00 bits per heavy atom. The van der Waals surface area contributed by atoms with Crippen LogP contribution in [0.3, 0.4) is 0 Å². The van der Waals surface area contributed by atoms with Crippen LogP contribution in [0.25, 0.3) is 11.3 Å². The first-order valence-corrected chi connectivity index (χ1v) is 13.4. The van der Waals surface area contributed by atoms with Crippen LogP contribution in [-0.2, 0) is 33.8 Å². The molecule has 0 unspecified atom stereocenters. The van der Waals surface area contributed by atoms with E-state index >= 15 is 0 Å². The van der Waals surface area contributed by atoms with Gasteiger partial charge in [0.05, 0.1) is 30.9 Å². The fourth-order valence-electron chi connectivity index (χ4n) is 6.41. The van der Waals surface area contributed by atoms with Gasteiger partial charge in [-0.25, -0.2) is 4.98 Å². The van der Waals surface area contributed by atoms with E-state index in [2.05, 4.69) is 47.5 Å². The third kappa shape index (κ3) is 4.24. The molecule has 198 valence electrons. The third-order valence-corrected chi connectivity index (χ3v) is 8.49. The van der Waals surface area contributed by atoms with E-state index in [9.17, 15) is 4.79 Å². The van der Waals surface area contributed by atoms with Crippen molar-refractivity contribution < 1.29 is 19.0 Å². The van der Waals surface area contributed by atoms with Crippen LogP contribution in [0, 0.1) is 18.3 Å². The van der Waals surface area contributed by atoms with Crippen molar-refractivity contribution in [2.24, 2.45) is 11.3 Å². The maximum atomic E-state index is 12.7. The van der Waals surface area contributed by atoms with Crippen molar-refractivity contribution in [3.8, 4) is 17.0 Å². The van der Waals surface area contributed by atoms with Gasteiger partial charge in [0, 0.05) is 25.8 Å². The maximum Gasteiger partial charge on any atom is 0.314 e.